The number of piperidine rings is 1. The predicted octanol–water partition coefficient (Wildman–Crippen LogP) is 6.15. The monoisotopic (exact) mass is 406 g/mol. The van der Waals surface area contributed by atoms with Crippen LogP contribution in [0.5, 0.6) is 5.75 Å². The van der Waals surface area contributed by atoms with Gasteiger partial charge >= 0.3 is 0 Å². The van der Waals surface area contributed by atoms with E-state index in [1.807, 2.05) is 0 Å². The Kier molecular flexibility index (Phi) is 6.48. The molecule has 0 bridgehead atoms. The van der Waals surface area contributed by atoms with Crippen LogP contribution in [0.25, 0.3) is 10.8 Å². The highest BCUT2D eigenvalue weighted by Crippen LogP contribution is 2.39. The number of hydrogen-bond acceptors (Lipinski definition) is 3. The molecule has 3 nitrogen and oxygen atoms in total. The molecule has 1 aliphatic carbocycles. The highest BCUT2D eigenvalue weighted by atomic mass is 16.5. The lowest BCUT2D eigenvalue weighted by Crippen LogP contribution is -2.33. The molecule has 161 valence electrons. The fraction of sp³-hybridized carbons (Fsp3) is 0.593. The number of benzene rings is 2. The SMILES string of the molecule is CC(C)(C)[C@H]1CC[C@H](Oc2cccc3cc(CN4CCC([C]=O)CC4)ccc23)CC1. The van der Waals surface area contributed by atoms with Gasteiger partial charge in [-0.25, -0.2) is 0 Å². The van der Waals surface area contributed by atoms with Crippen molar-refractivity contribution in [1.82, 2.24) is 4.90 Å². The van der Waals surface area contributed by atoms with Crippen LogP contribution in [0, 0.1) is 17.3 Å². The second kappa shape index (κ2) is 9.09. The summed E-state index contributed by atoms with van der Waals surface area (Å²) in [7, 11) is 0. The van der Waals surface area contributed by atoms with Gasteiger partial charge in [0, 0.05) is 17.8 Å². The fourth-order valence-electron chi connectivity index (χ4n) is 5.20. The lowest BCUT2D eigenvalue weighted by molar-refractivity contribution is 0.0892. The van der Waals surface area contributed by atoms with E-state index in [-0.39, 0.29) is 5.92 Å². The first-order chi connectivity index (χ1) is 14.4. The quantitative estimate of drug-likeness (QED) is 0.597. The Hall–Kier alpha value is -1.87. The molecule has 0 spiro atoms. The van der Waals surface area contributed by atoms with Crippen molar-refractivity contribution in [3.8, 4) is 5.75 Å². The van der Waals surface area contributed by atoms with Crippen LogP contribution in [0.4, 0.5) is 0 Å². The van der Waals surface area contributed by atoms with Crippen molar-refractivity contribution in [2.75, 3.05) is 13.1 Å². The third kappa shape index (κ3) is 5.06. The zero-order valence-electron chi connectivity index (χ0n) is 18.8. The van der Waals surface area contributed by atoms with Gasteiger partial charge < -0.3 is 4.74 Å². The maximum atomic E-state index is 10.9. The van der Waals surface area contributed by atoms with Crippen molar-refractivity contribution in [2.45, 2.75) is 71.9 Å². The second-order valence-electron chi connectivity index (χ2n) is 10.4. The van der Waals surface area contributed by atoms with Crippen molar-refractivity contribution in [1.29, 1.82) is 0 Å². The molecule has 3 heteroatoms. The third-order valence-corrected chi connectivity index (χ3v) is 7.26. The van der Waals surface area contributed by atoms with Gasteiger partial charge in [-0.3, -0.25) is 9.69 Å². The molecule has 1 saturated heterocycles. The summed E-state index contributed by atoms with van der Waals surface area (Å²) in [5, 5.41) is 2.47. The zero-order valence-corrected chi connectivity index (χ0v) is 18.8. The minimum absolute atomic E-state index is 0.135. The number of fused-ring (bicyclic) bond motifs is 1. The van der Waals surface area contributed by atoms with Crippen LogP contribution in [0.15, 0.2) is 36.4 Å². The van der Waals surface area contributed by atoms with Crippen LogP contribution < -0.4 is 4.74 Å². The molecule has 1 radical (unpaired) electrons. The fourth-order valence-corrected chi connectivity index (χ4v) is 5.20. The molecular formula is C27H36NO2. The molecule has 0 unspecified atom stereocenters. The van der Waals surface area contributed by atoms with Gasteiger partial charge in [-0.05, 0) is 86.0 Å². The second-order valence-corrected chi connectivity index (χ2v) is 10.4. The van der Waals surface area contributed by atoms with E-state index in [1.165, 1.54) is 29.2 Å². The standard InChI is InChI=1S/C27H36NO2/c1-27(2,3)23-8-10-24(11-9-23)30-26-6-4-5-22-17-21(7-12-25(22)26)18-28-15-13-20(19-29)14-16-28/h4-7,12,17,20,23-24H,8-11,13-16,18H2,1-3H3/t23-,24-. The first kappa shape index (κ1) is 21.4. The number of nitrogens with zero attached hydrogens (tertiary/aromatic N) is 1. The summed E-state index contributed by atoms with van der Waals surface area (Å²) in [5.41, 5.74) is 1.74. The smallest absolute Gasteiger partial charge is 0.201 e. The van der Waals surface area contributed by atoms with E-state index in [0.717, 1.165) is 57.0 Å². The van der Waals surface area contributed by atoms with Gasteiger partial charge in [-0.15, -0.1) is 0 Å². The van der Waals surface area contributed by atoms with E-state index in [0.29, 0.717) is 11.5 Å². The highest BCUT2D eigenvalue weighted by molar-refractivity contribution is 5.88. The van der Waals surface area contributed by atoms with E-state index in [1.54, 1.807) is 0 Å². The molecule has 1 saturated carbocycles. The molecule has 2 aromatic rings. The Morgan fingerprint density at radius 1 is 1.00 bits per heavy atom. The third-order valence-electron chi connectivity index (χ3n) is 7.26. The Morgan fingerprint density at radius 2 is 1.73 bits per heavy atom. The van der Waals surface area contributed by atoms with Crippen LogP contribution >= 0.6 is 0 Å². The number of carbonyl (C=O) groups excluding carboxylic acids is 1. The number of ether oxygens (including phenoxy) is 1. The van der Waals surface area contributed by atoms with E-state index in [4.69, 9.17) is 4.74 Å². The summed E-state index contributed by atoms with van der Waals surface area (Å²) in [6, 6.07) is 13.2. The number of hydrogen-bond donors (Lipinski definition) is 0. The Balaban J connectivity index is 1.40. The Morgan fingerprint density at radius 3 is 2.40 bits per heavy atom. The van der Waals surface area contributed by atoms with Crippen molar-refractivity contribution in [3.63, 3.8) is 0 Å². The highest BCUT2D eigenvalue weighted by Gasteiger charge is 2.30. The first-order valence-electron chi connectivity index (χ1n) is 11.7. The molecule has 2 fully saturated rings. The molecule has 0 atom stereocenters. The Bertz CT molecular complexity index is 853. The Labute approximate surface area is 181 Å². The van der Waals surface area contributed by atoms with Crippen LogP contribution in [0.1, 0.15) is 64.9 Å². The van der Waals surface area contributed by atoms with E-state index in [9.17, 15) is 4.79 Å². The lowest BCUT2D eigenvalue weighted by Gasteiger charge is -2.37. The largest absolute Gasteiger partial charge is 0.490 e. The molecule has 2 aromatic carbocycles. The summed E-state index contributed by atoms with van der Waals surface area (Å²) in [4.78, 5) is 13.3. The van der Waals surface area contributed by atoms with Crippen LogP contribution in [0.2, 0.25) is 0 Å². The normalized spacial score (nSPS) is 24.1. The van der Waals surface area contributed by atoms with Gasteiger partial charge in [0.15, 0.2) is 0 Å². The van der Waals surface area contributed by atoms with Crippen LogP contribution in [0.3, 0.4) is 0 Å². The van der Waals surface area contributed by atoms with Gasteiger partial charge in [0.05, 0.1) is 6.10 Å². The minimum Gasteiger partial charge on any atom is -0.490 e. The number of rotatable bonds is 5. The summed E-state index contributed by atoms with van der Waals surface area (Å²) in [6.45, 7) is 10.0. The van der Waals surface area contributed by atoms with E-state index < -0.39 is 0 Å². The molecule has 0 aromatic heterocycles. The molecule has 0 N–H and O–H groups in total. The van der Waals surface area contributed by atoms with Crippen molar-refractivity contribution < 1.29 is 9.53 Å². The van der Waals surface area contributed by atoms with Gasteiger partial charge in [-0.2, -0.15) is 0 Å². The molecular weight excluding hydrogens is 370 g/mol. The molecule has 30 heavy (non-hydrogen) atoms. The predicted molar refractivity (Wildman–Crippen MR) is 123 cm³/mol. The number of likely N-dealkylation sites (tertiary alicyclic amines) is 1. The van der Waals surface area contributed by atoms with Gasteiger partial charge in [-0.1, -0.05) is 45.0 Å². The summed E-state index contributed by atoms with van der Waals surface area (Å²) < 4.78 is 6.50. The maximum Gasteiger partial charge on any atom is 0.201 e. The van der Waals surface area contributed by atoms with Crippen LogP contribution in [-0.4, -0.2) is 30.4 Å². The molecule has 0 amide bonds. The topological polar surface area (TPSA) is 29.5 Å². The molecule has 1 heterocycles. The summed E-state index contributed by atoms with van der Waals surface area (Å²) >= 11 is 0. The van der Waals surface area contributed by atoms with Gasteiger partial charge in [0.25, 0.3) is 0 Å². The van der Waals surface area contributed by atoms with Crippen molar-refractivity contribution in [3.05, 3.63) is 42.0 Å². The average molecular weight is 407 g/mol. The van der Waals surface area contributed by atoms with Gasteiger partial charge in [0.1, 0.15) is 5.75 Å². The zero-order chi connectivity index (χ0) is 21.1. The summed E-state index contributed by atoms with van der Waals surface area (Å²) in [5.74, 6) is 1.97. The maximum absolute atomic E-state index is 10.9. The van der Waals surface area contributed by atoms with Crippen molar-refractivity contribution in [2.24, 2.45) is 17.3 Å². The average Bonchev–Trinajstić information content (AvgIpc) is 2.74. The van der Waals surface area contributed by atoms with Crippen molar-refractivity contribution >= 4 is 17.1 Å². The molecule has 1 aliphatic heterocycles. The molecule has 2 aliphatic rings. The van der Waals surface area contributed by atoms with E-state index in [2.05, 4.69) is 68.4 Å². The van der Waals surface area contributed by atoms with Gasteiger partial charge in [0.2, 0.25) is 6.29 Å². The molecule has 4 rings (SSSR count). The summed E-state index contributed by atoms with van der Waals surface area (Å²) in [6.07, 6.45) is 9.23. The first-order valence-corrected chi connectivity index (χ1v) is 11.7. The van der Waals surface area contributed by atoms with E-state index >= 15 is 0 Å². The minimum atomic E-state index is 0.135. The van der Waals surface area contributed by atoms with Crippen LogP contribution in [-0.2, 0) is 11.3 Å². The lowest BCUT2D eigenvalue weighted by atomic mass is 9.72.